The third kappa shape index (κ3) is 3.53. The molecule has 1 unspecified atom stereocenters. The summed E-state index contributed by atoms with van der Waals surface area (Å²) < 4.78 is 0. The van der Waals surface area contributed by atoms with Gasteiger partial charge in [-0.15, -0.1) is 0 Å². The predicted octanol–water partition coefficient (Wildman–Crippen LogP) is 3.13. The minimum absolute atomic E-state index is 0.158. The molecular formula is C19H24N2O2. The molecule has 0 aliphatic heterocycles. The molecule has 1 amide bonds. The highest BCUT2D eigenvalue weighted by Crippen LogP contribution is 2.27. The fraction of sp³-hybridized carbons (Fsp3) is 0.474. The van der Waals surface area contributed by atoms with E-state index >= 15 is 0 Å². The van der Waals surface area contributed by atoms with Crippen LogP contribution < -0.4 is 5.32 Å². The summed E-state index contributed by atoms with van der Waals surface area (Å²) in [4.78, 5) is 17.0. The summed E-state index contributed by atoms with van der Waals surface area (Å²) in [5.41, 5.74) is 3.36. The van der Waals surface area contributed by atoms with Gasteiger partial charge in [-0.05, 0) is 50.3 Å². The van der Waals surface area contributed by atoms with Crippen molar-refractivity contribution in [1.29, 1.82) is 0 Å². The van der Waals surface area contributed by atoms with Crippen molar-refractivity contribution in [1.82, 2.24) is 10.3 Å². The van der Waals surface area contributed by atoms with Crippen molar-refractivity contribution in [3.05, 3.63) is 41.1 Å². The van der Waals surface area contributed by atoms with E-state index in [1.165, 1.54) is 12.8 Å². The molecule has 1 aromatic heterocycles. The largest absolute Gasteiger partial charge is 0.391 e. The highest BCUT2D eigenvalue weighted by Gasteiger charge is 2.23. The lowest BCUT2D eigenvalue weighted by atomic mass is 10.0. The maximum atomic E-state index is 12.4. The van der Waals surface area contributed by atoms with Crippen molar-refractivity contribution in [3.63, 3.8) is 0 Å². The molecule has 4 heteroatoms. The Bertz CT molecular complexity index is 721. The number of benzene rings is 1. The number of hydrogen-bond donors (Lipinski definition) is 2. The molecule has 1 saturated carbocycles. The molecule has 1 aromatic carbocycles. The van der Waals surface area contributed by atoms with Gasteiger partial charge in [0.25, 0.3) is 5.91 Å². The van der Waals surface area contributed by atoms with Gasteiger partial charge in [0.15, 0.2) is 0 Å². The fourth-order valence-electron chi connectivity index (χ4n) is 3.40. The highest BCUT2D eigenvalue weighted by atomic mass is 16.3. The molecule has 0 spiro atoms. The third-order valence-corrected chi connectivity index (χ3v) is 4.82. The molecule has 2 N–H and O–H groups in total. The van der Waals surface area contributed by atoms with E-state index in [4.69, 9.17) is 0 Å². The van der Waals surface area contributed by atoms with Crippen molar-refractivity contribution in [3.8, 4) is 0 Å². The summed E-state index contributed by atoms with van der Waals surface area (Å²) in [6.07, 6.45) is 4.05. The van der Waals surface area contributed by atoms with Gasteiger partial charge in [-0.2, -0.15) is 0 Å². The van der Waals surface area contributed by atoms with Gasteiger partial charge in [-0.1, -0.05) is 25.0 Å². The molecule has 0 radical (unpaired) electrons. The van der Waals surface area contributed by atoms with Crippen LogP contribution in [-0.4, -0.2) is 28.6 Å². The monoisotopic (exact) mass is 312 g/mol. The van der Waals surface area contributed by atoms with E-state index in [9.17, 15) is 9.90 Å². The summed E-state index contributed by atoms with van der Waals surface area (Å²) >= 11 is 0. The Hall–Kier alpha value is -1.94. The number of nitrogens with one attached hydrogen (secondary N) is 1. The van der Waals surface area contributed by atoms with Crippen LogP contribution in [0.15, 0.2) is 24.3 Å². The van der Waals surface area contributed by atoms with Gasteiger partial charge in [-0.25, -0.2) is 0 Å². The van der Waals surface area contributed by atoms with Gasteiger partial charge in [-0.3, -0.25) is 9.78 Å². The van der Waals surface area contributed by atoms with Crippen LogP contribution in [0, 0.1) is 19.8 Å². The smallest absolute Gasteiger partial charge is 0.253 e. The van der Waals surface area contributed by atoms with E-state index in [0.29, 0.717) is 18.0 Å². The quantitative estimate of drug-likeness (QED) is 0.911. The van der Waals surface area contributed by atoms with Crippen molar-refractivity contribution in [2.24, 2.45) is 5.92 Å². The number of aryl methyl sites for hydroxylation is 2. The second kappa shape index (κ2) is 6.67. The number of rotatable bonds is 4. The van der Waals surface area contributed by atoms with Gasteiger partial charge in [0.05, 0.1) is 22.9 Å². The molecule has 122 valence electrons. The second-order valence-corrected chi connectivity index (χ2v) is 6.64. The number of pyridine rings is 1. The first kappa shape index (κ1) is 15.9. The molecule has 1 aliphatic carbocycles. The first-order valence-corrected chi connectivity index (χ1v) is 8.39. The molecule has 0 saturated heterocycles. The number of aliphatic hydroxyl groups is 1. The van der Waals surface area contributed by atoms with Crippen molar-refractivity contribution in [2.45, 2.75) is 45.6 Å². The number of carbonyl (C=O) groups is 1. The zero-order chi connectivity index (χ0) is 16.4. The maximum Gasteiger partial charge on any atom is 0.253 e. The van der Waals surface area contributed by atoms with Gasteiger partial charge in [0, 0.05) is 11.9 Å². The van der Waals surface area contributed by atoms with E-state index in [1.54, 1.807) is 0 Å². The minimum atomic E-state index is -0.446. The highest BCUT2D eigenvalue weighted by molar-refractivity contribution is 5.98. The van der Waals surface area contributed by atoms with Crippen LogP contribution in [0.25, 0.3) is 10.9 Å². The molecule has 1 fully saturated rings. The van der Waals surface area contributed by atoms with Crippen LogP contribution in [0.1, 0.15) is 47.3 Å². The number of aliphatic hydroxyl groups excluding tert-OH is 1. The predicted molar refractivity (Wildman–Crippen MR) is 91.5 cm³/mol. The van der Waals surface area contributed by atoms with E-state index in [-0.39, 0.29) is 5.91 Å². The van der Waals surface area contributed by atoms with Crippen LogP contribution >= 0.6 is 0 Å². The van der Waals surface area contributed by atoms with E-state index in [0.717, 1.165) is 35.0 Å². The Kier molecular flexibility index (Phi) is 4.62. The zero-order valence-electron chi connectivity index (χ0n) is 13.8. The number of amides is 1. The Morgan fingerprint density at radius 2 is 2.04 bits per heavy atom. The molecule has 4 nitrogen and oxygen atoms in total. The van der Waals surface area contributed by atoms with Crippen LogP contribution in [-0.2, 0) is 0 Å². The topological polar surface area (TPSA) is 62.2 Å². The SMILES string of the molecule is Cc1ccc2cc(C(=O)NCC(O)C3CCCC3)c(C)nc2c1. The summed E-state index contributed by atoms with van der Waals surface area (Å²) in [6.45, 7) is 4.19. The van der Waals surface area contributed by atoms with Crippen LogP contribution in [0.3, 0.4) is 0 Å². The van der Waals surface area contributed by atoms with Gasteiger partial charge < -0.3 is 10.4 Å². The lowest BCUT2D eigenvalue weighted by Gasteiger charge is -2.18. The van der Waals surface area contributed by atoms with Crippen molar-refractivity contribution in [2.75, 3.05) is 6.54 Å². The number of fused-ring (bicyclic) bond motifs is 1. The molecule has 3 rings (SSSR count). The van der Waals surface area contributed by atoms with E-state index in [1.807, 2.05) is 38.1 Å². The van der Waals surface area contributed by atoms with E-state index in [2.05, 4.69) is 10.3 Å². The molecule has 1 atom stereocenters. The van der Waals surface area contributed by atoms with Gasteiger partial charge in [0.2, 0.25) is 0 Å². The third-order valence-electron chi connectivity index (χ3n) is 4.82. The van der Waals surface area contributed by atoms with Crippen molar-refractivity contribution < 1.29 is 9.90 Å². The van der Waals surface area contributed by atoms with E-state index < -0.39 is 6.10 Å². The van der Waals surface area contributed by atoms with Gasteiger partial charge >= 0.3 is 0 Å². The number of carbonyl (C=O) groups excluding carboxylic acids is 1. The molecule has 1 aliphatic rings. The van der Waals surface area contributed by atoms with Crippen LogP contribution in [0.5, 0.6) is 0 Å². The number of aromatic nitrogens is 1. The molecule has 23 heavy (non-hydrogen) atoms. The average molecular weight is 312 g/mol. The van der Waals surface area contributed by atoms with Crippen LogP contribution in [0.2, 0.25) is 0 Å². The van der Waals surface area contributed by atoms with Crippen LogP contribution in [0.4, 0.5) is 0 Å². The van der Waals surface area contributed by atoms with Crippen molar-refractivity contribution >= 4 is 16.8 Å². The number of hydrogen-bond acceptors (Lipinski definition) is 3. The summed E-state index contributed by atoms with van der Waals surface area (Å²) in [5.74, 6) is 0.170. The Morgan fingerprint density at radius 1 is 1.30 bits per heavy atom. The Labute approximate surface area is 136 Å². The first-order valence-electron chi connectivity index (χ1n) is 8.39. The number of nitrogens with zero attached hydrogens (tertiary/aromatic N) is 1. The molecular weight excluding hydrogens is 288 g/mol. The lowest BCUT2D eigenvalue weighted by Crippen LogP contribution is -2.36. The maximum absolute atomic E-state index is 12.4. The molecule has 2 aromatic rings. The Balaban J connectivity index is 1.72. The normalized spacial score (nSPS) is 16.7. The minimum Gasteiger partial charge on any atom is -0.391 e. The molecule has 1 heterocycles. The zero-order valence-corrected chi connectivity index (χ0v) is 13.8. The Morgan fingerprint density at radius 3 is 2.78 bits per heavy atom. The summed E-state index contributed by atoms with van der Waals surface area (Å²) in [7, 11) is 0. The lowest BCUT2D eigenvalue weighted by molar-refractivity contribution is 0.0840. The molecule has 0 bridgehead atoms. The second-order valence-electron chi connectivity index (χ2n) is 6.64. The summed E-state index contributed by atoms with van der Waals surface area (Å²) in [5, 5.41) is 14.0. The standard InChI is InChI=1S/C19H24N2O2/c1-12-7-8-15-10-16(13(2)21-17(15)9-12)19(23)20-11-18(22)14-5-3-4-6-14/h7-10,14,18,22H,3-6,11H2,1-2H3,(H,20,23). The first-order chi connectivity index (χ1) is 11.0. The average Bonchev–Trinajstić information content (AvgIpc) is 3.06. The summed E-state index contributed by atoms with van der Waals surface area (Å²) in [6, 6.07) is 7.91. The fourth-order valence-corrected chi connectivity index (χ4v) is 3.40. The van der Waals surface area contributed by atoms with Gasteiger partial charge in [0.1, 0.15) is 0 Å².